The Morgan fingerprint density at radius 2 is 1.27 bits per heavy atom. The molecular weight excluding hydrogens is 391 g/mol. The summed E-state index contributed by atoms with van der Waals surface area (Å²) in [5, 5.41) is 0. The van der Waals surface area contributed by atoms with Gasteiger partial charge >= 0.3 is 104 Å². The molecule has 5 heteroatoms. The fraction of sp³-hybridized carbons (Fsp3) is 0.800. The van der Waals surface area contributed by atoms with Gasteiger partial charge in [-0.3, -0.25) is 0 Å². The molecule has 0 aliphatic carbocycles. The third kappa shape index (κ3) is 10.2. The predicted molar refractivity (Wildman–Crippen MR) is 56.8 cm³/mol. The number of hydrogen-bond acceptors (Lipinski definition) is 4. The van der Waals surface area contributed by atoms with Crippen molar-refractivity contribution in [3.05, 3.63) is 0 Å². The monoisotopic (exact) mass is 410 g/mol. The summed E-state index contributed by atoms with van der Waals surface area (Å²) in [7, 11) is 0. The summed E-state index contributed by atoms with van der Waals surface area (Å²) >= 11 is -1.95. The van der Waals surface area contributed by atoms with Crippen molar-refractivity contribution in [2.24, 2.45) is 11.8 Å². The third-order valence-corrected chi connectivity index (χ3v) is 3.88. The van der Waals surface area contributed by atoms with E-state index in [1.54, 1.807) is 0 Å². The summed E-state index contributed by atoms with van der Waals surface area (Å²) in [6.45, 7) is 7.78. The van der Waals surface area contributed by atoms with E-state index >= 15 is 0 Å². The number of rotatable bonds is 6. The normalized spacial score (nSPS) is 10.5. The molecule has 0 atom stereocenters. The molecule has 4 nitrogen and oxygen atoms in total. The standard InChI is InChI=1S/2C5H10O2.Pb/c2*1-4(2)3-5(6)7;/h2*4H,3H2,1-2H3,(H,6,7);/q;;+2/p-2. The van der Waals surface area contributed by atoms with Crippen molar-refractivity contribution < 1.29 is 15.0 Å². The van der Waals surface area contributed by atoms with E-state index in [1.807, 2.05) is 27.7 Å². The molecule has 0 fully saturated rings. The van der Waals surface area contributed by atoms with Gasteiger partial charge in [0.15, 0.2) is 0 Å². The molecule has 0 bridgehead atoms. The van der Waals surface area contributed by atoms with Crippen LogP contribution in [0.15, 0.2) is 0 Å². The predicted octanol–water partition coefficient (Wildman–Crippen LogP) is 1.70. The van der Waals surface area contributed by atoms with Crippen molar-refractivity contribution in [3.63, 3.8) is 0 Å². The molecule has 0 unspecified atom stereocenters. The van der Waals surface area contributed by atoms with Crippen LogP contribution in [0.25, 0.3) is 0 Å². The van der Waals surface area contributed by atoms with E-state index in [-0.39, 0.29) is 23.8 Å². The molecule has 0 aliphatic heterocycles. The second kappa shape index (κ2) is 8.07. The van der Waals surface area contributed by atoms with E-state index in [9.17, 15) is 9.59 Å². The Morgan fingerprint density at radius 3 is 1.53 bits per heavy atom. The molecule has 0 saturated heterocycles. The van der Waals surface area contributed by atoms with Crippen LogP contribution >= 0.6 is 0 Å². The van der Waals surface area contributed by atoms with Gasteiger partial charge in [-0.2, -0.15) is 0 Å². The quantitative estimate of drug-likeness (QED) is 0.627. The Kier molecular flexibility index (Phi) is 7.99. The first-order valence-corrected chi connectivity index (χ1v) is 8.23. The number of carbonyl (C=O) groups excluding carboxylic acids is 2. The van der Waals surface area contributed by atoms with Crippen LogP contribution in [-0.4, -0.2) is 37.1 Å². The molecule has 0 rings (SSSR count). The van der Waals surface area contributed by atoms with Crippen LogP contribution in [-0.2, 0) is 15.0 Å². The van der Waals surface area contributed by atoms with Crippen LogP contribution in [0.4, 0.5) is 0 Å². The summed E-state index contributed by atoms with van der Waals surface area (Å²) in [4.78, 5) is 22.2. The maximum atomic E-state index is 11.1. The molecule has 0 spiro atoms. The average molecular weight is 409 g/mol. The van der Waals surface area contributed by atoms with E-state index < -0.39 is 25.1 Å². The summed E-state index contributed by atoms with van der Waals surface area (Å²) < 4.78 is 9.84. The van der Waals surface area contributed by atoms with Crippen molar-refractivity contribution >= 4 is 37.1 Å². The summed E-state index contributed by atoms with van der Waals surface area (Å²) in [6, 6.07) is 0. The molecule has 0 aromatic heterocycles. The summed E-state index contributed by atoms with van der Waals surface area (Å²) in [5.74, 6) is 0.0799. The summed E-state index contributed by atoms with van der Waals surface area (Å²) in [5.41, 5.74) is 0. The molecule has 0 amide bonds. The molecule has 86 valence electrons. The van der Waals surface area contributed by atoms with E-state index in [2.05, 4.69) is 0 Å². The van der Waals surface area contributed by atoms with Gasteiger partial charge in [-0.15, -0.1) is 0 Å². The Labute approximate surface area is 104 Å². The molecule has 0 saturated carbocycles. The van der Waals surface area contributed by atoms with Gasteiger partial charge in [0.05, 0.1) is 0 Å². The van der Waals surface area contributed by atoms with Crippen molar-refractivity contribution in [1.82, 2.24) is 0 Å². The first kappa shape index (κ1) is 14.9. The van der Waals surface area contributed by atoms with E-state index in [0.29, 0.717) is 12.8 Å². The number of hydrogen-bond donors (Lipinski definition) is 0. The fourth-order valence-electron chi connectivity index (χ4n) is 0.864. The molecule has 0 aromatic carbocycles. The topological polar surface area (TPSA) is 52.6 Å². The van der Waals surface area contributed by atoms with Crippen LogP contribution in [0.3, 0.4) is 0 Å². The molecule has 2 radical (unpaired) electrons. The van der Waals surface area contributed by atoms with Crippen molar-refractivity contribution in [2.75, 3.05) is 0 Å². The minimum atomic E-state index is -1.95. The molecule has 0 aliphatic rings. The molecular formula is C10H18O4Pb. The van der Waals surface area contributed by atoms with Gasteiger partial charge in [-0.25, -0.2) is 0 Å². The van der Waals surface area contributed by atoms with Crippen LogP contribution < -0.4 is 0 Å². The van der Waals surface area contributed by atoms with Crippen LogP contribution in [0, 0.1) is 11.8 Å². The second-order valence-corrected chi connectivity index (χ2v) is 6.46. The summed E-state index contributed by atoms with van der Waals surface area (Å²) in [6.07, 6.45) is 0.795. The zero-order valence-corrected chi connectivity index (χ0v) is 13.6. The van der Waals surface area contributed by atoms with Crippen molar-refractivity contribution in [3.8, 4) is 0 Å². The van der Waals surface area contributed by atoms with Gasteiger partial charge in [-0.05, 0) is 0 Å². The molecule has 0 heterocycles. The second-order valence-electron chi connectivity index (χ2n) is 4.23. The minimum absolute atomic E-state index is 0.245. The van der Waals surface area contributed by atoms with E-state index in [0.717, 1.165) is 0 Å². The van der Waals surface area contributed by atoms with Gasteiger partial charge in [0.1, 0.15) is 0 Å². The fourth-order valence-corrected chi connectivity index (χ4v) is 2.40. The van der Waals surface area contributed by atoms with Gasteiger partial charge in [0.2, 0.25) is 0 Å². The van der Waals surface area contributed by atoms with E-state index in [1.165, 1.54) is 0 Å². The molecule has 15 heavy (non-hydrogen) atoms. The Balaban J connectivity index is 3.53. The Bertz CT molecular complexity index is 191. The van der Waals surface area contributed by atoms with Gasteiger partial charge in [0.25, 0.3) is 0 Å². The van der Waals surface area contributed by atoms with Crippen molar-refractivity contribution in [2.45, 2.75) is 40.5 Å². The van der Waals surface area contributed by atoms with Crippen LogP contribution in [0.1, 0.15) is 40.5 Å². The molecule has 0 aromatic rings. The Hall–Kier alpha value is -0.138. The zero-order chi connectivity index (χ0) is 11.8. The zero-order valence-electron chi connectivity index (χ0n) is 9.70. The van der Waals surface area contributed by atoms with Crippen LogP contribution in [0.5, 0.6) is 0 Å². The van der Waals surface area contributed by atoms with Crippen LogP contribution in [0.2, 0.25) is 0 Å². The van der Waals surface area contributed by atoms with E-state index in [4.69, 9.17) is 5.37 Å². The number of carbonyl (C=O) groups is 2. The SMILES string of the molecule is CC(C)CC(=O)[O][Pb][O]C(=O)CC(C)C. The first-order valence-electron chi connectivity index (χ1n) is 5.06. The van der Waals surface area contributed by atoms with Gasteiger partial charge < -0.3 is 0 Å². The first-order chi connectivity index (χ1) is 6.91. The third-order valence-electron chi connectivity index (χ3n) is 1.46. The maximum absolute atomic E-state index is 11.1. The average Bonchev–Trinajstić information content (AvgIpc) is 2.00. The Morgan fingerprint density at radius 1 is 0.933 bits per heavy atom. The van der Waals surface area contributed by atoms with Gasteiger partial charge in [0, 0.05) is 0 Å². The van der Waals surface area contributed by atoms with Gasteiger partial charge in [-0.1, -0.05) is 0 Å². The molecule has 0 N–H and O–H groups in total. The van der Waals surface area contributed by atoms with Crippen molar-refractivity contribution in [1.29, 1.82) is 0 Å².